The first kappa shape index (κ1) is 17.6. The molecular weight excluding hydrogens is 322 g/mol. The number of halogens is 1. The van der Waals surface area contributed by atoms with Crippen LogP contribution in [0.25, 0.3) is 0 Å². The zero-order valence-electron chi connectivity index (χ0n) is 13.2. The van der Waals surface area contributed by atoms with E-state index in [0.717, 1.165) is 11.3 Å². The number of nitriles is 1. The fraction of sp³-hybridized carbons (Fsp3) is 0.158. The molecule has 24 heavy (non-hydrogen) atoms. The van der Waals surface area contributed by atoms with Crippen molar-refractivity contribution in [2.75, 3.05) is 17.3 Å². The van der Waals surface area contributed by atoms with E-state index in [-0.39, 0.29) is 5.57 Å². The zero-order chi connectivity index (χ0) is 17.2. The average molecular weight is 340 g/mol. The molecule has 0 saturated carbocycles. The summed E-state index contributed by atoms with van der Waals surface area (Å²) in [5.41, 5.74) is 2.02. The normalized spacial score (nSPS) is 10.8. The van der Waals surface area contributed by atoms with Crippen LogP contribution in [0.3, 0.4) is 0 Å². The average Bonchev–Trinajstić information content (AvgIpc) is 2.64. The molecule has 0 aliphatic heterocycles. The minimum absolute atomic E-state index is 0.0416. The van der Waals surface area contributed by atoms with E-state index in [0.29, 0.717) is 19.0 Å². The second kappa shape index (κ2) is 9.39. The number of carbonyl (C=O) groups excluding carboxylic acids is 1. The highest BCUT2D eigenvalue weighted by atomic mass is 35.5. The predicted octanol–water partition coefficient (Wildman–Crippen LogP) is 3.46. The van der Waals surface area contributed by atoms with Gasteiger partial charge in [0.1, 0.15) is 11.6 Å². The van der Waals surface area contributed by atoms with Gasteiger partial charge in [0.2, 0.25) is 0 Å². The summed E-state index contributed by atoms with van der Waals surface area (Å²) >= 11 is 5.57. The summed E-state index contributed by atoms with van der Waals surface area (Å²) in [6.07, 6.45) is 1.58. The maximum absolute atomic E-state index is 12.1. The van der Waals surface area contributed by atoms with Gasteiger partial charge < -0.3 is 10.2 Å². The number of para-hydroxylation sites is 1. The van der Waals surface area contributed by atoms with Crippen LogP contribution in [0.15, 0.2) is 72.4 Å². The van der Waals surface area contributed by atoms with Crippen LogP contribution in [-0.4, -0.2) is 18.3 Å². The Bertz CT molecular complexity index is 723. The molecule has 2 aromatic carbocycles. The van der Waals surface area contributed by atoms with Crippen LogP contribution in [0.1, 0.15) is 5.56 Å². The first-order valence-corrected chi connectivity index (χ1v) is 8.09. The molecule has 0 radical (unpaired) electrons. The molecule has 5 heteroatoms. The molecule has 0 bridgehead atoms. The maximum Gasteiger partial charge on any atom is 0.263 e. The molecule has 0 atom stereocenters. The molecule has 2 aromatic rings. The van der Waals surface area contributed by atoms with Gasteiger partial charge in [-0.05, 0) is 17.7 Å². The second-order valence-corrected chi connectivity index (χ2v) is 5.43. The van der Waals surface area contributed by atoms with E-state index in [1.165, 1.54) is 0 Å². The molecule has 0 aromatic heterocycles. The van der Waals surface area contributed by atoms with E-state index in [1.807, 2.05) is 71.6 Å². The number of hydrogen-bond acceptors (Lipinski definition) is 3. The Labute approximate surface area is 147 Å². The summed E-state index contributed by atoms with van der Waals surface area (Å²) in [5.74, 6) is -0.121. The maximum atomic E-state index is 12.1. The minimum atomic E-state index is -0.424. The van der Waals surface area contributed by atoms with Crippen molar-refractivity contribution >= 4 is 23.2 Å². The summed E-state index contributed by atoms with van der Waals surface area (Å²) in [5, 5.41) is 11.9. The van der Waals surface area contributed by atoms with Gasteiger partial charge in [-0.15, -0.1) is 11.6 Å². The van der Waals surface area contributed by atoms with Crippen molar-refractivity contribution in [1.82, 2.24) is 5.32 Å². The van der Waals surface area contributed by atoms with Gasteiger partial charge >= 0.3 is 0 Å². The molecule has 1 amide bonds. The fourth-order valence-corrected chi connectivity index (χ4v) is 2.26. The Morgan fingerprint density at radius 3 is 2.33 bits per heavy atom. The quantitative estimate of drug-likeness (QED) is 0.477. The van der Waals surface area contributed by atoms with Crippen LogP contribution in [0.2, 0.25) is 0 Å². The highest BCUT2D eigenvalue weighted by Gasteiger charge is 2.12. The van der Waals surface area contributed by atoms with Crippen molar-refractivity contribution in [3.05, 3.63) is 78.0 Å². The van der Waals surface area contributed by atoms with E-state index in [2.05, 4.69) is 5.32 Å². The number of rotatable bonds is 7. The van der Waals surface area contributed by atoms with Gasteiger partial charge in [0, 0.05) is 30.9 Å². The van der Waals surface area contributed by atoms with Crippen molar-refractivity contribution in [2.24, 2.45) is 0 Å². The number of anilines is 1. The summed E-state index contributed by atoms with van der Waals surface area (Å²) in [6, 6.07) is 21.5. The molecule has 0 aliphatic rings. The molecule has 0 spiro atoms. The number of alkyl halides is 1. The first-order chi connectivity index (χ1) is 11.7. The highest BCUT2D eigenvalue weighted by Crippen LogP contribution is 2.18. The molecular formula is C19H18ClN3O. The number of benzene rings is 2. The van der Waals surface area contributed by atoms with Crippen molar-refractivity contribution in [3.63, 3.8) is 0 Å². The van der Waals surface area contributed by atoms with E-state index in [1.54, 1.807) is 6.20 Å². The standard InChI is InChI=1S/C19H18ClN3O/c20-11-12-22-19(24)17(13-21)15-23(18-9-5-2-6-10-18)14-16-7-3-1-4-8-16/h1-10,15H,11-12,14H2,(H,22,24)/b17-15-. The fourth-order valence-electron chi connectivity index (χ4n) is 2.16. The van der Waals surface area contributed by atoms with Crippen LogP contribution in [0.4, 0.5) is 5.69 Å². The Hall–Kier alpha value is -2.77. The molecule has 0 unspecified atom stereocenters. The van der Waals surface area contributed by atoms with E-state index in [9.17, 15) is 10.1 Å². The third-order valence-electron chi connectivity index (χ3n) is 3.31. The third-order valence-corrected chi connectivity index (χ3v) is 3.50. The van der Waals surface area contributed by atoms with Crippen molar-refractivity contribution < 1.29 is 4.79 Å². The molecule has 4 nitrogen and oxygen atoms in total. The monoisotopic (exact) mass is 339 g/mol. The van der Waals surface area contributed by atoms with Crippen LogP contribution in [-0.2, 0) is 11.3 Å². The molecule has 0 heterocycles. The molecule has 0 saturated heterocycles. The molecule has 122 valence electrons. The van der Waals surface area contributed by atoms with Crippen molar-refractivity contribution in [1.29, 1.82) is 5.26 Å². The van der Waals surface area contributed by atoms with E-state index in [4.69, 9.17) is 11.6 Å². The summed E-state index contributed by atoms with van der Waals surface area (Å²) in [6.45, 7) is 0.877. The summed E-state index contributed by atoms with van der Waals surface area (Å²) in [7, 11) is 0. The van der Waals surface area contributed by atoms with Gasteiger partial charge in [-0.3, -0.25) is 4.79 Å². The van der Waals surface area contributed by atoms with Gasteiger partial charge in [0.05, 0.1) is 0 Å². The number of hydrogen-bond donors (Lipinski definition) is 1. The zero-order valence-corrected chi connectivity index (χ0v) is 13.9. The number of carbonyl (C=O) groups is 1. The lowest BCUT2D eigenvalue weighted by molar-refractivity contribution is -0.117. The van der Waals surface area contributed by atoms with Crippen molar-refractivity contribution in [2.45, 2.75) is 6.54 Å². The van der Waals surface area contributed by atoms with Gasteiger partial charge in [-0.1, -0.05) is 48.5 Å². The van der Waals surface area contributed by atoms with Crippen molar-refractivity contribution in [3.8, 4) is 6.07 Å². The Morgan fingerprint density at radius 2 is 1.75 bits per heavy atom. The molecule has 0 aliphatic carbocycles. The Balaban J connectivity index is 2.29. The van der Waals surface area contributed by atoms with Crippen LogP contribution >= 0.6 is 11.6 Å². The third kappa shape index (κ3) is 5.15. The topological polar surface area (TPSA) is 56.1 Å². The van der Waals surface area contributed by atoms with Gasteiger partial charge in [0.15, 0.2) is 0 Å². The molecule has 0 fully saturated rings. The predicted molar refractivity (Wildman–Crippen MR) is 96.5 cm³/mol. The number of nitrogens with zero attached hydrogens (tertiary/aromatic N) is 2. The lowest BCUT2D eigenvalue weighted by Gasteiger charge is -2.21. The largest absolute Gasteiger partial charge is 0.350 e. The van der Waals surface area contributed by atoms with Crippen LogP contribution in [0.5, 0.6) is 0 Å². The van der Waals surface area contributed by atoms with Gasteiger partial charge in [-0.2, -0.15) is 5.26 Å². The molecule has 1 N–H and O–H groups in total. The lowest BCUT2D eigenvalue weighted by atomic mass is 10.2. The minimum Gasteiger partial charge on any atom is -0.350 e. The van der Waals surface area contributed by atoms with Crippen LogP contribution in [0, 0.1) is 11.3 Å². The Morgan fingerprint density at radius 1 is 1.12 bits per heavy atom. The first-order valence-electron chi connectivity index (χ1n) is 7.56. The highest BCUT2D eigenvalue weighted by molar-refractivity contribution is 6.18. The van der Waals surface area contributed by atoms with Gasteiger partial charge in [-0.25, -0.2) is 0 Å². The lowest BCUT2D eigenvalue weighted by Crippen LogP contribution is -2.28. The Kier molecular flexibility index (Phi) is 6.88. The second-order valence-electron chi connectivity index (χ2n) is 5.05. The number of amides is 1. The molecule has 2 rings (SSSR count). The SMILES string of the molecule is N#C/C(=C/N(Cc1ccccc1)c1ccccc1)C(=O)NCCCl. The number of nitrogens with one attached hydrogen (secondary N) is 1. The summed E-state index contributed by atoms with van der Waals surface area (Å²) in [4.78, 5) is 13.9. The van der Waals surface area contributed by atoms with E-state index >= 15 is 0 Å². The van der Waals surface area contributed by atoms with Crippen LogP contribution < -0.4 is 10.2 Å². The smallest absolute Gasteiger partial charge is 0.263 e. The van der Waals surface area contributed by atoms with Gasteiger partial charge in [0.25, 0.3) is 5.91 Å². The summed E-state index contributed by atoms with van der Waals surface area (Å²) < 4.78 is 0. The van der Waals surface area contributed by atoms with E-state index < -0.39 is 5.91 Å².